The van der Waals surface area contributed by atoms with Gasteiger partial charge in [0.1, 0.15) is 11.6 Å². The number of carbonyl (C=O) groups excluding carboxylic acids is 1. The summed E-state index contributed by atoms with van der Waals surface area (Å²) in [6.45, 7) is 2.63. The Hall–Kier alpha value is -2.97. The SMILES string of the molecule is O=CNCCn1c2c(c(=O)n1Cc1ccc(Cl)cc1)CN(Cc1cc(F)cc(F)c1)CC2. The van der Waals surface area contributed by atoms with Gasteiger partial charge in [-0.3, -0.25) is 19.2 Å². The van der Waals surface area contributed by atoms with E-state index in [-0.39, 0.29) is 5.56 Å². The van der Waals surface area contributed by atoms with Gasteiger partial charge in [-0.2, -0.15) is 0 Å². The molecule has 0 radical (unpaired) electrons. The van der Waals surface area contributed by atoms with Crippen molar-refractivity contribution < 1.29 is 13.6 Å². The smallest absolute Gasteiger partial charge is 0.271 e. The van der Waals surface area contributed by atoms with E-state index in [1.54, 1.807) is 16.8 Å². The maximum atomic E-state index is 13.6. The molecule has 2 heterocycles. The van der Waals surface area contributed by atoms with E-state index in [1.165, 1.54) is 12.1 Å². The normalized spacial score (nSPS) is 13.7. The van der Waals surface area contributed by atoms with Gasteiger partial charge in [-0.15, -0.1) is 0 Å². The number of fused-ring (bicyclic) bond motifs is 1. The van der Waals surface area contributed by atoms with Crippen molar-refractivity contribution in [3.8, 4) is 0 Å². The molecule has 1 aliphatic rings. The molecule has 0 atom stereocenters. The van der Waals surface area contributed by atoms with E-state index in [4.69, 9.17) is 11.6 Å². The van der Waals surface area contributed by atoms with Crippen molar-refractivity contribution in [1.82, 2.24) is 19.6 Å². The molecule has 3 aromatic rings. The zero-order valence-corrected chi connectivity index (χ0v) is 18.1. The summed E-state index contributed by atoms with van der Waals surface area (Å²) in [6.07, 6.45) is 1.26. The zero-order chi connectivity index (χ0) is 22.7. The van der Waals surface area contributed by atoms with Crippen LogP contribution in [0.1, 0.15) is 22.4 Å². The second kappa shape index (κ2) is 9.67. The van der Waals surface area contributed by atoms with E-state index in [9.17, 15) is 18.4 Å². The van der Waals surface area contributed by atoms with Gasteiger partial charge in [0.25, 0.3) is 5.56 Å². The molecule has 0 aliphatic carbocycles. The van der Waals surface area contributed by atoms with Gasteiger partial charge in [-0.1, -0.05) is 23.7 Å². The quantitative estimate of drug-likeness (QED) is 0.415. The first-order chi connectivity index (χ1) is 15.4. The molecule has 4 rings (SSSR count). The molecule has 2 aromatic carbocycles. The lowest BCUT2D eigenvalue weighted by molar-refractivity contribution is -0.109. The molecule has 0 bridgehead atoms. The number of hydrogen-bond acceptors (Lipinski definition) is 3. The summed E-state index contributed by atoms with van der Waals surface area (Å²) < 4.78 is 30.8. The van der Waals surface area contributed by atoms with Gasteiger partial charge in [0.05, 0.1) is 18.7 Å². The van der Waals surface area contributed by atoms with Gasteiger partial charge in [0.2, 0.25) is 6.41 Å². The van der Waals surface area contributed by atoms with E-state index in [2.05, 4.69) is 5.32 Å². The minimum atomic E-state index is -0.614. The molecule has 0 fully saturated rings. The van der Waals surface area contributed by atoms with Crippen LogP contribution < -0.4 is 10.9 Å². The van der Waals surface area contributed by atoms with Crippen LogP contribution in [-0.2, 0) is 37.4 Å². The number of halogens is 3. The third-order valence-electron chi connectivity index (χ3n) is 5.62. The number of carbonyl (C=O) groups is 1. The molecule has 1 aromatic heterocycles. The molecular formula is C23H23ClF2N4O2. The van der Waals surface area contributed by atoms with Crippen LogP contribution in [0.4, 0.5) is 8.78 Å². The fourth-order valence-electron chi connectivity index (χ4n) is 4.20. The zero-order valence-electron chi connectivity index (χ0n) is 17.4. The molecule has 0 saturated carbocycles. The van der Waals surface area contributed by atoms with Crippen LogP contribution >= 0.6 is 11.6 Å². The van der Waals surface area contributed by atoms with Crippen LogP contribution in [0.2, 0.25) is 5.02 Å². The summed E-state index contributed by atoms with van der Waals surface area (Å²) in [5, 5.41) is 3.27. The van der Waals surface area contributed by atoms with Gasteiger partial charge in [0, 0.05) is 49.4 Å². The molecule has 9 heteroatoms. The molecule has 0 saturated heterocycles. The van der Waals surface area contributed by atoms with Crippen molar-refractivity contribution in [3.63, 3.8) is 0 Å². The minimum absolute atomic E-state index is 0.101. The summed E-state index contributed by atoms with van der Waals surface area (Å²) >= 11 is 5.98. The van der Waals surface area contributed by atoms with Crippen LogP contribution in [0.5, 0.6) is 0 Å². The van der Waals surface area contributed by atoms with E-state index < -0.39 is 11.6 Å². The molecule has 0 unspecified atom stereocenters. The molecule has 168 valence electrons. The Morgan fingerprint density at radius 2 is 1.72 bits per heavy atom. The summed E-state index contributed by atoms with van der Waals surface area (Å²) in [5.41, 5.74) is 2.97. The van der Waals surface area contributed by atoms with Gasteiger partial charge in [-0.05, 0) is 35.4 Å². The van der Waals surface area contributed by atoms with E-state index in [0.29, 0.717) is 68.2 Å². The van der Waals surface area contributed by atoms with Gasteiger partial charge < -0.3 is 5.32 Å². The van der Waals surface area contributed by atoms with Crippen molar-refractivity contribution in [2.24, 2.45) is 0 Å². The lowest BCUT2D eigenvalue weighted by atomic mass is 10.1. The molecule has 32 heavy (non-hydrogen) atoms. The molecule has 1 amide bonds. The maximum Gasteiger partial charge on any atom is 0.271 e. The fraction of sp³-hybridized carbons (Fsp3) is 0.304. The Morgan fingerprint density at radius 1 is 1.00 bits per heavy atom. The first-order valence-electron chi connectivity index (χ1n) is 10.3. The molecular weight excluding hydrogens is 438 g/mol. The highest BCUT2D eigenvalue weighted by molar-refractivity contribution is 6.30. The van der Waals surface area contributed by atoms with Crippen molar-refractivity contribution in [1.29, 1.82) is 0 Å². The standard InChI is InChI=1S/C23H23ClF2N4O2/c24-18-3-1-16(2-4-18)13-30-23(32)21-14-28(12-17-9-19(25)11-20(26)10-17)7-5-22(21)29(30)8-6-27-15-31/h1-4,9-11,15H,5-8,12-14H2,(H,27,31). The third kappa shape index (κ3) is 4.92. The number of hydrogen-bond donors (Lipinski definition) is 1. The third-order valence-corrected chi connectivity index (χ3v) is 5.87. The Labute approximate surface area is 189 Å². The number of nitrogens with zero attached hydrogens (tertiary/aromatic N) is 3. The van der Waals surface area contributed by atoms with Gasteiger partial charge >= 0.3 is 0 Å². The van der Waals surface area contributed by atoms with Crippen LogP contribution in [-0.4, -0.2) is 33.8 Å². The van der Waals surface area contributed by atoms with Crippen LogP contribution in [0.15, 0.2) is 47.3 Å². The van der Waals surface area contributed by atoms with Crippen molar-refractivity contribution in [2.75, 3.05) is 13.1 Å². The predicted octanol–water partition coefficient (Wildman–Crippen LogP) is 2.93. The molecule has 0 spiro atoms. The van der Waals surface area contributed by atoms with Crippen LogP contribution in [0, 0.1) is 11.6 Å². The highest BCUT2D eigenvalue weighted by atomic mass is 35.5. The van der Waals surface area contributed by atoms with Gasteiger partial charge in [0.15, 0.2) is 0 Å². The molecule has 1 N–H and O–H groups in total. The Morgan fingerprint density at radius 3 is 2.41 bits per heavy atom. The summed E-state index contributed by atoms with van der Waals surface area (Å²) in [5.74, 6) is -1.23. The summed E-state index contributed by atoms with van der Waals surface area (Å²) in [4.78, 5) is 26.0. The van der Waals surface area contributed by atoms with E-state index in [1.807, 2.05) is 21.7 Å². The summed E-state index contributed by atoms with van der Waals surface area (Å²) in [7, 11) is 0. The number of amides is 1. The van der Waals surface area contributed by atoms with E-state index in [0.717, 1.165) is 17.3 Å². The van der Waals surface area contributed by atoms with Crippen LogP contribution in [0.25, 0.3) is 0 Å². The van der Waals surface area contributed by atoms with Crippen molar-refractivity contribution >= 4 is 18.0 Å². The second-order valence-electron chi connectivity index (χ2n) is 7.85. The maximum absolute atomic E-state index is 13.6. The average molecular weight is 461 g/mol. The second-order valence-corrected chi connectivity index (χ2v) is 8.28. The number of benzene rings is 2. The average Bonchev–Trinajstić information content (AvgIpc) is 3.00. The first kappa shape index (κ1) is 22.2. The fourth-order valence-corrected chi connectivity index (χ4v) is 4.32. The molecule has 6 nitrogen and oxygen atoms in total. The van der Waals surface area contributed by atoms with Crippen molar-refractivity contribution in [2.45, 2.75) is 32.6 Å². The Bertz CT molecular complexity index is 1150. The van der Waals surface area contributed by atoms with E-state index >= 15 is 0 Å². The Balaban J connectivity index is 1.62. The summed E-state index contributed by atoms with van der Waals surface area (Å²) in [6, 6.07) is 10.8. The topological polar surface area (TPSA) is 59.3 Å². The molecule has 1 aliphatic heterocycles. The minimum Gasteiger partial charge on any atom is -0.357 e. The number of rotatable bonds is 8. The van der Waals surface area contributed by atoms with Crippen molar-refractivity contribution in [3.05, 3.63) is 91.9 Å². The largest absolute Gasteiger partial charge is 0.357 e. The van der Waals surface area contributed by atoms with Gasteiger partial charge in [-0.25, -0.2) is 13.5 Å². The lowest BCUT2D eigenvalue weighted by Gasteiger charge is -2.27. The highest BCUT2D eigenvalue weighted by Gasteiger charge is 2.26. The lowest BCUT2D eigenvalue weighted by Crippen LogP contribution is -2.32. The number of aromatic nitrogens is 2. The first-order valence-corrected chi connectivity index (χ1v) is 10.7. The Kier molecular flexibility index (Phi) is 6.72. The highest BCUT2D eigenvalue weighted by Crippen LogP contribution is 2.21. The predicted molar refractivity (Wildman–Crippen MR) is 117 cm³/mol. The number of nitrogens with one attached hydrogen (secondary N) is 1. The monoisotopic (exact) mass is 460 g/mol. The van der Waals surface area contributed by atoms with Crippen LogP contribution in [0.3, 0.4) is 0 Å².